The Balaban J connectivity index is 1.82. The van der Waals surface area contributed by atoms with Crippen molar-refractivity contribution in [2.24, 2.45) is 5.92 Å². The number of nitrogens with zero attached hydrogens (tertiary/aromatic N) is 1. The molecule has 0 fully saturated rings. The molecule has 0 bridgehead atoms. The first kappa shape index (κ1) is 15.3. The number of nitrogens with one attached hydrogen (secondary N) is 1. The molecule has 0 saturated carbocycles. The van der Waals surface area contributed by atoms with Crippen LogP contribution >= 0.6 is 0 Å². The third kappa shape index (κ3) is 5.44. The van der Waals surface area contributed by atoms with Crippen molar-refractivity contribution in [1.82, 2.24) is 10.3 Å². The van der Waals surface area contributed by atoms with Crippen molar-refractivity contribution in [3.63, 3.8) is 0 Å². The maximum Gasteiger partial charge on any atom is 0.138 e. The summed E-state index contributed by atoms with van der Waals surface area (Å²) in [5, 5.41) is 12.7. The summed E-state index contributed by atoms with van der Waals surface area (Å²) in [6.45, 7) is 6.53. The molecule has 0 spiro atoms. The van der Waals surface area contributed by atoms with Crippen LogP contribution in [0.4, 0.5) is 0 Å². The van der Waals surface area contributed by atoms with E-state index in [0.29, 0.717) is 12.5 Å². The largest absolute Gasteiger partial charge is 0.508 e. The van der Waals surface area contributed by atoms with Crippen LogP contribution in [0.15, 0.2) is 42.6 Å². The summed E-state index contributed by atoms with van der Waals surface area (Å²) in [7, 11) is 0. The summed E-state index contributed by atoms with van der Waals surface area (Å²) >= 11 is 0. The number of phenolic OH excluding ortho intramolecular Hbond substituents is 1. The lowest BCUT2D eigenvalue weighted by molar-refractivity contribution is 0.304. The molecule has 2 N–H and O–H groups in total. The molecule has 112 valence electrons. The maximum absolute atomic E-state index is 9.39. The number of rotatable bonds is 7. The number of aromatic nitrogens is 1. The van der Waals surface area contributed by atoms with Crippen LogP contribution in [0.25, 0.3) is 0 Å². The summed E-state index contributed by atoms with van der Waals surface area (Å²) in [5.41, 5.74) is 1.93. The molecule has 2 aromatic rings. The second kappa shape index (κ2) is 7.64. The van der Waals surface area contributed by atoms with Gasteiger partial charge >= 0.3 is 0 Å². The van der Waals surface area contributed by atoms with Crippen LogP contribution in [-0.4, -0.2) is 16.6 Å². The fourth-order valence-electron chi connectivity index (χ4n) is 1.90. The minimum absolute atomic E-state index is 0.251. The molecule has 2 rings (SSSR count). The highest BCUT2D eigenvalue weighted by Crippen LogP contribution is 2.15. The quantitative estimate of drug-likeness (QED) is 0.821. The van der Waals surface area contributed by atoms with E-state index in [1.165, 1.54) is 0 Å². The summed E-state index contributed by atoms with van der Waals surface area (Å²) in [6.07, 6.45) is 1.73. The average Bonchev–Trinajstić information content (AvgIpc) is 2.46. The van der Waals surface area contributed by atoms with Crippen LogP contribution in [0.2, 0.25) is 0 Å². The average molecular weight is 286 g/mol. The van der Waals surface area contributed by atoms with Crippen molar-refractivity contribution in [1.29, 1.82) is 0 Å². The van der Waals surface area contributed by atoms with E-state index < -0.39 is 0 Å². The molecule has 1 aromatic heterocycles. The van der Waals surface area contributed by atoms with Gasteiger partial charge in [0.05, 0.1) is 11.9 Å². The highest BCUT2D eigenvalue weighted by atomic mass is 16.5. The van der Waals surface area contributed by atoms with Crippen molar-refractivity contribution < 1.29 is 9.84 Å². The molecule has 1 heterocycles. The Labute approximate surface area is 125 Å². The van der Waals surface area contributed by atoms with Gasteiger partial charge in [-0.3, -0.25) is 4.98 Å². The first-order valence-electron chi connectivity index (χ1n) is 7.20. The van der Waals surface area contributed by atoms with E-state index in [2.05, 4.69) is 24.1 Å². The summed E-state index contributed by atoms with van der Waals surface area (Å²) in [5.74, 6) is 1.61. The zero-order chi connectivity index (χ0) is 15.1. The Morgan fingerprint density at radius 1 is 1.24 bits per heavy atom. The molecule has 0 radical (unpaired) electrons. The Bertz CT molecular complexity index is 553. The summed E-state index contributed by atoms with van der Waals surface area (Å²) in [6, 6.07) is 10.9. The highest BCUT2D eigenvalue weighted by Gasteiger charge is 2.00. The molecule has 21 heavy (non-hydrogen) atoms. The molecule has 0 aliphatic carbocycles. The third-order valence-corrected chi connectivity index (χ3v) is 2.97. The molecule has 0 aliphatic rings. The van der Waals surface area contributed by atoms with Gasteiger partial charge in [-0.15, -0.1) is 0 Å². The van der Waals surface area contributed by atoms with Crippen LogP contribution in [0.5, 0.6) is 11.5 Å². The van der Waals surface area contributed by atoms with E-state index in [-0.39, 0.29) is 5.75 Å². The Morgan fingerprint density at radius 3 is 2.76 bits per heavy atom. The molecule has 0 saturated heterocycles. The smallest absolute Gasteiger partial charge is 0.138 e. The lowest BCUT2D eigenvalue weighted by atomic mass is 10.2. The highest BCUT2D eigenvalue weighted by molar-refractivity contribution is 5.27. The Morgan fingerprint density at radius 2 is 2.10 bits per heavy atom. The van der Waals surface area contributed by atoms with Crippen molar-refractivity contribution in [2.75, 3.05) is 6.54 Å². The number of ether oxygens (including phenoxy) is 1. The first-order valence-corrected chi connectivity index (χ1v) is 7.20. The van der Waals surface area contributed by atoms with Crippen LogP contribution in [-0.2, 0) is 13.2 Å². The van der Waals surface area contributed by atoms with Gasteiger partial charge in [-0.1, -0.05) is 26.0 Å². The van der Waals surface area contributed by atoms with Crippen LogP contribution in [0, 0.1) is 5.92 Å². The van der Waals surface area contributed by atoms with Crippen LogP contribution < -0.4 is 10.1 Å². The molecule has 4 nitrogen and oxygen atoms in total. The summed E-state index contributed by atoms with van der Waals surface area (Å²) < 4.78 is 5.65. The number of aromatic hydroxyl groups is 1. The van der Waals surface area contributed by atoms with E-state index in [1.54, 1.807) is 24.4 Å². The van der Waals surface area contributed by atoms with Gasteiger partial charge in [0, 0.05) is 6.54 Å². The standard InChI is InChI=1S/C17H22N2O2/c1-13(2)9-18-10-15-6-7-17(11-19-15)21-12-14-4-3-5-16(20)8-14/h3-8,11,13,18,20H,9-10,12H2,1-2H3. The number of hydrogen-bond donors (Lipinski definition) is 2. The molecular weight excluding hydrogens is 264 g/mol. The van der Waals surface area contributed by atoms with Gasteiger partial charge in [-0.2, -0.15) is 0 Å². The van der Waals surface area contributed by atoms with E-state index in [1.807, 2.05) is 18.2 Å². The first-order chi connectivity index (χ1) is 10.1. The molecule has 0 aliphatic heterocycles. The van der Waals surface area contributed by atoms with Crippen LogP contribution in [0.3, 0.4) is 0 Å². The van der Waals surface area contributed by atoms with Gasteiger partial charge in [0.2, 0.25) is 0 Å². The predicted molar refractivity (Wildman–Crippen MR) is 83.2 cm³/mol. The van der Waals surface area contributed by atoms with Crippen LogP contribution in [0.1, 0.15) is 25.1 Å². The second-order valence-electron chi connectivity index (χ2n) is 5.47. The number of benzene rings is 1. The van der Waals surface area contributed by atoms with Crippen molar-refractivity contribution in [3.8, 4) is 11.5 Å². The molecule has 0 unspecified atom stereocenters. The van der Waals surface area contributed by atoms with Gasteiger partial charge in [0.1, 0.15) is 18.1 Å². The van der Waals surface area contributed by atoms with E-state index >= 15 is 0 Å². The maximum atomic E-state index is 9.39. The van der Waals surface area contributed by atoms with Gasteiger partial charge in [0.15, 0.2) is 0 Å². The van der Waals surface area contributed by atoms with Gasteiger partial charge < -0.3 is 15.2 Å². The fourth-order valence-corrected chi connectivity index (χ4v) is 1.90. The van der Waals surface area contributed by atoms with Crippen molar-refractivity contribution in [2.45, 2.75) is 27.0 Å². The Kier molecular flexibility index (Phi) is 5.58. The normalized spacial score (nSPS) is 10.8. The molecular formula is C17H22N2O2. The SMILES string of the molecule is CC(C)CNCc1ccc(OCc2cccc(O)c2)cn1. The van der Waals surface area contributed by atoms with E-state index in [9.17, 15) is 5.11 Å². The van der Waals surface area contributed by atoms with Gasteiger partial charge in [0.25, 0.3) is 0 Å². The monoisotopic (exact) mass is 286 g/mol. The van der Waals surface area contributed by atoms with Crippen molar-refractivity contribution in [3.05, 3.63) is 53.9 Å². The minimum Gasteiger partial charge on any atom is -0.508 e. The Hall–Kier alpha value is -2.07. The lowest BCUT2D eigenvalue weighted by Gasteiger charge is -2.09. The zero-order valence-electron chi connectivity index (χ0n) is 12.5. The third-order valence-electron chi connectivity index (χ3n) is 2.97. The second-order valence-corrected chi connectivity index (χ2v) is 5.47. The number of hydrogen-bond acceptors (Lipinski definition) is 4. The van der Waals surface area contributed by atoms with E-state index in [4.69, 9.17) is 4.74 Å². The molecule has 0 amide bonds. The molecule has 0 atom stereocenters. The summed E-state index contributed by atoms with van der Waals surface area (Å²) in [4.78, 5) is 4.37. The molecule has 1 aromatic carbocycles. The lowest BCUT2D eigenvalue weighted by Crippen LogP contribution is -2.19. The zero-order valence-corrected chi connectivity index (χ0v) is 12.5. The number of phenols is 1. The van der Waals surface area contributed by atoms with Gasteiger partial charge in [-0.25, -0.2) is 0 Å². The number of pyridine rings is 1. The van der Waals surface area contributed by atoms with E-state index in [0.717, 1.165) is 30.1 Å². The van der Waals surface area contributed by atoms with Crippen molar-refractivity contribution >= 4 is 0 Å². The topological polar surface area (TPSA) is 54.4 Å². The van der Waals surface area contributed by atoms with Gasteiger partial charge in [-0.05, 0) is 42.3 Å². The molecule has 4 heteroatoms. The predicted octanol–water partition coefficient (Wildman–Crippen LogP) is 3.11. The fraction of sp³-hybridized carbons (Fsp3) is 0.353. The minimum atomic E-state index is 0.251.